The first-order valence-electron chi connectivity index (χ1n) is 8.15. The van der Waals surface area contributed by atoms with Crippen LogP contribution in [0.5, 0.6) is 0 Å². The van der Waals surface area contributed by atoms with Crippen molar-refractivity contribution in [2.45, 2.75) is 69.1 Å². The Morgan fingerprint density at radius 2 is 1.80 bits per heavy atom. The molecule has 0 unspecified atom stereocenters. The van der Waals surface area contributed by atoms with Crippen molar-refractivity contribution < 1.29 is 9.90 Å². The fraction of sp³-hybridized carbons (Fsp3) is 0.933. The molecule has 0 atom stereocenters. The van der Waals surface area contributed by atoms with Crippen LogP contribution in [-0.2, 0) is 0 Å². The molecule has 5 nitrogen and oxygen atoms in total. The van der Waals surface area contributed by atoms with Gasteiger partial charge in [-0.15, -0.1) is 0 Å². The lowest BCUT2D eigenvalue weighted by atomic mass is 10.0. The fourth-order valence-corrected chi connectivity index (χ4v) is 3.54. The van der Waals surface area contributed by atoms with Gasteiger partial charge >= 0.3 is 6.03 Å². The molecule has 114 valence electrons. The number of hydrogen-bond acceptors (Lipinski definition) is 3. The SMILES string of the molecule is O=C(NCC1(O)CCCC1)NC1CCN(C2CC2)CC1. The van der Waals surface area contributed by atoms with Crippen molar-refractivity contribution in [3.8, 4) is 0 Å². The van der Waals surface area contributed by atoms with Crippen molar-refractivity contribution in [2.75, 3.05) is 19.6 Å². The summed E-state index contributed by atoms with van der Waals surface area (Å²) in [5, 5.41) is 16.1. The summed E-state index contributed by atoms with van der Waals surface area (Å²) in [6.45, 7) is 2.61. The van der Waals surface area contributed by atoms with E-state index < -0.39 is 5.60 Å². The molecule has 0 aromatic heterocycles. The monoisotopic (exact) mass is 281 g/mol. The average molecular weight is 281 g/mol. The Labute approximate surface area is 121 Å². The number of piperidine rings is 1. The largest absolute Gasteiger partial charge is 0.388 e. The number of aliphatic hydroxyl groups is 1. The van der Waals surface area contributed by atoms with Crippen LogP contribution in [0, 0.1) is 0 Å². The summed E-state index contributed by atoms with van der Waals surface area (Å²) in [6, 6.07) is 1.01. The van der Waals surface area contributed by atoms with E-state index in [0.717, 1.165) is 57.7 Å². The molecule has 0 aromatic carbocycles. The third-order valence-electron chi connectivity index (χ3n) is 5.04. The highest BCUT2D eigenvalue weighted by atomic mass is 16.3. The Balaban J connectivity index is 1.34. The third kappa shape index (κ3) is 3.64. The van der Waals surface area contributed by atoms with Gasteiger partial charge in [-0.3, -0.25) is 0 Å². The molecule has 2 amide bonds. The van der Waals surface area contributed by atoms with Gasteiger partial charge in [-0.1, -0.05) is 12.8 Å². The minimum absolute atomic E-state index is 0.116. The molecule has 0 bridgehead atoms. The molecule has 3 aliphatic rings. The Kier molecular flexibility index (Phi) is 4.17. The van der Waals surface area contributed by atoms with Crippen LogP contribution >= 0.6 is 0 Å². The van der Waals surface area contributed by atoms with Gasteiger partial charge in [0.1, 0.15) is 0 Å². The molecule has 3 N–H and O–H groups in total. The van der Waals surface area contributed by atoms with Gasteiger partial charge in [0.25, 0.3) is 0 Å². The van der Waals surface area contributed by atoms with E-state index in [9.17, 15) is 9.90 Å². The van der Waals surface area contributed by atoms with E-state index in [1.54, 1.807) is 0 Å². The maximum absolute atomic E-state index is 11.9. The van der Waals surface area contributed by atoms with Crippen LogP contribution in [-0.4, -0.2) is 53.4 Å². The minimum atomic E-state index is -0.660. The first kappa shape index (κ1) is 14.1. The van der Waals surface area contributed by atoms with E-state index in [1.807, 2.05) is 0 Å². The number of hydrogen-bond donors (Lipinski definition) is 3. The average Bonchev–Trinajstić information content (AvgIpc) is 3.20. The summed E-state index contributed by atoms with van der Waals surface area (Å²) in [4.78, 5) is 14.4. The zero-order chi connectivity index (χ0) is 14.0. The fourth-order valence-electron chi connectivity index (χ4n) is 3.54. The normalized spacial score (nSPS) is 27.4. The maximum atomic E-state index is 11.9. The second kappa shape index (κ2) is 5.90. The van der Waals surface area contributed by atoms with Crippen LogP contribution < -0.4 is 10.6 Å². The molecule has 2 aliphatic carbocycles. The zero-order valence-corrected chi connectivity index (χ0v) is 12.2. The highest BCUT2D eigenvalue weighted by molar-refractivity contribution is 5.74. The predicted molar refractivity (Wildman–Crippen MR) is 77.6 cm³/mol. The second-order valence-electron chi connectivity index (χ2n) is 6.80. The van der Waals surface area contributed by atoms with Crippen molar-refractivity contribution >= 4 is 6.03 Å². The summed E-state index contributed by atoms with van der Waals surface area (Å²) in [7, 11) is 0. The van der Waals surface area contributed by atoms with Crippen molar-refractivity contribution in [1.82, 2.24) is 15.5 Å². The Morgan fingerprint density at radius 3 is 2.40 bits per heavy atom. The molecule has 1 aliphatic heterocycles. The predicted octanol–water partition coefficient (Wildman–Crippen LogP) is 1.22. The van der Waals surface area contributed by atoms with Crippen LogP contribution in [0.4, 0.5) is 4.79 Å². The van der Waals surface area contributed by atoms with Crippen molar-refractivity contribution in [3.05, 3.63) is 0 Å². The van der Waals surface area contributed by atoms with Gasteiger partial charge in [0.05, 0.1) is 5.60 Å². The van der Waals surface area contributed by atoms with Crippen LogP contribution in [0.25, 0.3) is 0 Å². The first-order chi connectivity index (χ1) is 9.65. The number of amides is 2. The molecule has 1 saturated heterocycles. The van der Waals surface area contributed by atoms with E-state index in [0.29, 0.717) is 12.6 Å². The van der Waals surface area contributed by atoms with Crippen LogP contribution in [0.3, 0.4) is 0 Å². The van der Waals surface area contributed by atoms with E-state index in [-0.39, 0.29) is 6.03 Å². The number of likely N-dealkylation sites (tertiary alicyclic amines) is 1. The van der Waals surface area contributed by atoms with E-state index in [4.69, 9.17) is 0 Å². The molecule has 3 rings (SSSR count). The Morgan fingerprint density at radius 1 is 1.15 bits per heavy atom. The Bertz CT molecular complexity index is 343. The third-order valence-corrected chi connectivity index (χ3v) is 5.04. The number of rotatable bonds is 4. The smallest absolute Gasteiger partial charge is 0.315 e. The van der Waals surface area contributed by atoms with Gasteiger partial charge in [-0.25, -0.2) is 4.79 Å². The number of nitrogens with one attached hydrogen (secondary N) is 2. The van der Waals surface area contributed by atoms with Gasteiger partial charge in [0.15, 0.2) is 0 Å². The first-order valence-corrected chi connectivity index (χ1v) is 8.15. The molecule has 0 spiro atoms. The molecule has 0 radical (unpaired) electrons. The summed E-state index contributed by atoms with van der Waals surface area (Å²) < 4.78 is 0. The van der Waals surface area contributed by atoms with Gasteiger partial charge < -0.3 is 20.6 Å². The van der Waals surface area contributed by atoms with Crippen LogP contribution in [0.15, 0.2) is 0 Å². The molecule has 0 aromatic rings. The lowest BCUT2D eigenvalue weighted by Crippen LogP contribution is -2.51. The lowest BCUT2D eigenvalue weighted by Gasteiger charge is -2.32. The summed E-state index contributed by atoms with van der Waals surface area (Å²) in [6.07, 6.45) is 8.58. The molecule has 3 fully saturated rings. The van der Waals surface area contributed by atoms with Gasteiger partial charge in [-0.05, 0) is 38.5 Å². The summed E-state index contributed by atoms with van der Waals surface area (Å²) >= 11 is 0. The van der Waals surface area contributed by atoms with Crippen molar-refractivity contribution in [3.63, 3.8) is 0 Å². The molecular weight excluding hydrogens is 254 g/mol. The molecule has 5 heteroatoms. The minimum Gasteiger partial charge on any atom is -0.388 e. The molecule has 2 saturated carbocycles. The number of nitrogens with zero attached hydrogens (tertiary/aromatic N) is 1. The Hall–Kier alpha value is -0.810. The van der Waals surface area contributed by atoms with Crippen molar-refractivity contribution in [2.24, 2.45) is 0 Å². The standard InChI is InChI=1S/C15H27N3O2/c19-14(16-11-15(20)7-1-2-8-15)17-12-5-9-18(10-6-12)13-3-4-13/h12-13,20H,1-11H2,(H2,16,17,19). The number of urea groups is 1. The topological polar surface area (TPSA) is 64.6 Å². The highest BCUT2D eigenvalue weighted by Gasteiger charge is 2.33. The second-order valence-corrected chi connectivity index (χ2v) is 6.80. The van der Waals surface area contributed by atoms with Gasteiger partial charge in [0.2, 0.25) is 0 Å². The zero-order valence-electron chi connectivity index (χ0n) is 12.2. The summed E-state index contributed by atoms with van der Waals surface area (Å²) in [5.41, 5.74) is -0.660. The number of carbonyl (C=O) groups excluding carboxylic acids is 1. The van der Waals surface area contributed by atoms with E-state index in [2.05, 4.69) is 15.5 Å². The maximum Gasteiger partial charge on any atom is 0.315 e. The molecule has 20 heavy (non-hydrogen) atoms. The van der Waals surface area contributed by atoms with Gasteiger partial charge in [0, 0.05) is 31.7 Å². The quantitative estimate of drug-likeness (QED) is 0.726. The summed E-state index contributed by atoms with van der Waals surface area (Å²) in [5.74, 6) is 0. The molecule has 1 heterocycles. The van der Waals surface area contributed by atoms with Crippen molar-refractivity contribution in [1.29, 1.82) is 0 Å². The van der Waals surface area contributed by atoms with Gasteiger partial charge in [-0.2, -0.15) is 0 Å². The number of carbonyl (C=O) groups is 1. The van der Waals surface area contributed by atoms with Crippen LogP contribution in [0.2, 0.25) is 0 Å². The lowest BCUT2D eigenvalue weighted by molar-refractivity contribution is 0.0498. The molecular formula is C15H27N3O2. The highest BCUT2D eigenvalue weighted by Crippen LogP contribution is 2.29. The van der Waals surface area contributed by atoms with E-state index >= 15 is 0 Å². The van der Waals surface area contributed by atoms with E-state index in [1.165, 1.54) is 12.8 Å². The van der Waals surface area contributed by atoms with Crippen LogP contribution in [0.1, 0.15) is 51.4 Å².